The van der Waals surface area contributed by atoms with Gasteiger partial charge in [-0.25, -0.2) is 0 Å². The number of hydrogen-bond donors (Lipinski definition) is 2. The van der Waals surface area contributed by atoms with Gasteiger partial charge in [0.25, 0.3) is 0 Å². The summed E-state index contributed by atoms with van der Waals surface area (Å²) < 4.78 is 0. The smallest absolute Gasteiger partial charge is 0.0824 e. The summed E-state index contributed by atoms with van der Waals surface area (Å²) in [4.78, 5) is 2.95. The lowest BCUT2D eigenvalue weighted by Crippen LogP contribution is -1.60. The molecule has 3 nitrogen and oxygen atoms in total. The molecule has 0 saturated heterocycles. The van der Waals surface area contributed by atoms with Crippen LogP contribution < -0.4 is 0 Å². The minimum Gasteiger partial charge on any atom is -0.365 e. The van der Waals surface area contributed by atoms with Gasteiger partial charge in [-0.2, -0.15) is 5.10 Å². The van der Waals surface area contributed by atoms with Crippen LogP contribution in [0.3, 0.4) is 0 Å². The van der Waals surface area contributed by atoms with E-state index in [2.05, 4.69) is 15.2 Å². The molecule has 2 heterocycles. The Hall–Kier alpha value is -1.25. The Bertz CT molecular complexity index is 229. The Morgan fingerprint density at radius 1 is 1.38 bits per heavy atom. The molecule has 2 N–H and O–H groups in total. The molecule has 0 aliphatic heterocycles. The Labute approximate surface area is 45.7 Å². The van der Waals surface area contributed by atoms with Gasteiger partial charge in [-0.05, 0) is 0 Å². The van der Waals surface area contributed by atoms with Gasteiger partial charge in [-0.3, -0.25) is 5.10 Å². The van der Waals surface area contributed by atoms with E-state index in [4.69, 9.17) is 0 Å². The Morgan fingerprint density at radius 2 is 2.38 bits per heavy atom. The highest BCUT2D eigenvalue weighted by atomic mass is 15.1. The van der Waals surface area contributed by atoms with E-state index < -0.39 is 0 Å². The fraction of sp³-hybridized carbons (Fsp3) is 0. The lowest BCUT2D eigenvalue weighted by atomic mass is 10.4. The fourth-order valence-corrected chi connectivity index (χ4v) is 0.751. The second kappa shape index (κ2) is 1.12. The summed E-state index contributed by atoms with van der Waals surface area (Å²) in [6, 6.07) is 0. The monoisotopic (exact) mass is 107 g/mol. The summed E-state index contributed by atoms with van der Waals surface area (Å²) >= 11 is 0. The van der Waals surface area contributed by atoms with Gasteiger partial charge in [-0.1, -0.05) is 0 Å². The predicted octanol–water partition coefficient (Wildman–Crippen LogP) is 0.891. The van der Waals surface area contributed by atoms with Crippen molar-refractivity contribution < 1.29 is 0 Å². The highest BCUT2D eigenvalue weighted by molar-refractivity contribution is 5.76. The van der Waals surface area contributed by atoms with Crippen molar-refractivity contribution in [1.29, 1.82) is 0 Å². The van der Waals surface area contributed by atoms with E-state index in [9.17, 15) is 0 Å². The van der Waals surface area contributed by atoms with E-state index >= 15 is 0 Å². The first kappa shape index (κ1) is 3.72. The van der Waals surface area contributed by atoms with E-state index in [1.165, 1.54) is 0 Å². The Morgan fingerprint density at radius 3 is 3.25 bits per heavy atom. The van der Waals surface area contributed by atoms with Crippen LogP contribution in [0.4, 0.5) is 0 Å². The van der Waals surface area contributed by atoms with Crippen LogP contribution in [0, 0.1) is 0 Å². The molecule has 0 aliphatic rings. The number of aromatic nitrogens is 3. The third-order valence-electron chi connectivity index (χ3n) is 1.17. The topological polar surface area (TPSA) is 44.5 Å². The highest BCUT2D eigenvalue weighted by Crippen LogP contribution is 2.05. The summed E-state index contributed by atoms with van der Waals surface area (Å²) in [5.41, 5.74) is 1.06. The summed E-state index contributed by atoms with van der Waals surface area (Å²) in [5.74, 6) is 0. The molecule has 0 aliphatic carbocycles. The van der Waals surface area contributed by atoms with Crippen LogP contribution in [0.2, 0.25) is 0 Å². The van der Waals surface area contributed by atoms with Crippen molar-refractivity contribution in [1.82, 2.24) is 15.2 Å². The minimum absolute atomic E-state index is 1.06. The number of nitrogens with one attached hydrogen (secondary N) is 2. The zero-order valence-corrected chi connectivity index (χ0v) is 4.18. The van der Waals surface area contributed by atoms with Gasteiger partial charge in [0.05, 0.1) is 11.7 Å². The average molecular weight is 107 g/mol. The summed E-state index contributed by atoms with van der Waals surface area (Å²) in [6.07, 6.45) is 5.56. The second-order valence-electron chi connectivity index (χ2n) is 1.69. The molecular weight excluding hydrogens is 102 g/mol. The molecule has 2 aromatic heterocycles. The van der Waals surface area contributed by atoms with Gasteiger partial charge in [-0.15, -0.1) is 0 Å². The van der Waals surface area contributed by atoms with Crippen LogP contribution in [-0.4, -0.2) is 15.2 Å². The normalized spacial score (nSPS) is 10.5. The lowest BCUT2D eigenvalue weighted by molar-refractivity contribution is 1.11. The van der Waals surface area contributed by atoms with Gasteiger partial charge >= 0.3 is 0 Å². The van der Waals surface area contributed by atoms with E-state index in [-0.39, 0.29) is 0 Å². The third-order valence-corrected chi connectivity index (χ3v) is 1.17. The highest BCUT2D eigenvalue weighted by Gasteiger charge is 1.90. The van der Waals surface area contributed by atoms with Crippen LogP contribution in [-0.2, 0) is 0 Å². The first-order chi connectivity index (χ1) is 3.97. The molecule has 0 fully saturated rings. The zero-order valence-electron chi connectivity index (χ0n) is 4.18. The maximum absolute atomic E-state index is 3.82. The standard InChI is InChI=1S/C5H5N3/c1-4-2-7-8-5(4)3-6-1/h1-3,6,8H. The second-order valence-corrected chi connectivity index (χ2v) is 1.69. The fourth-order valence-electron chi connectivity index (χ4n) is 0.751. The molecule has 40 valence electrons. The van der Waals surface area contributed by atoms with Crippen molar-refractivity contribution in [2.75, 3.05) is 0 Å². The summed E-state index contributed by atoms with van der Waals surface area (Å²) in [5, 5.41) is 7.76. The van der Waals surface area contributed by atoms with Crippen molar-refractivity contribution in [2.24, 2.45) is 0 Å². The number of nitrogens with zero attached hydrogens (tertiary/aromatic N) is 1. The lowest BCUT2D eigenvalue weighted by Gasteiger charge is -1.64. The number of H-pyrrole nitrogens is 2. The summed E-state index contributed by atoms with van der Waals surface area (Å²) in [7, 11) is 0. The molecule has 0 unspecified atom stereocenters. The molecule has 0 radical (unpaired) electrons. The average Bonchev–Trinajstić information content (AvgIpc) is 2.15. The van der Waals surface area contributed by atoms with Crippen LogP contribution in [0.25, 0.3) is 10.9 Å². The van der Waals surface area contributed by atoms with E-state index in [0.717, 1.165) is 10.9 Å². The minimum atomic E-state index is 1.06. The molecule has 8 heavy (non-hydrogen) atoms. The number of fused-ring (bicyclic) bond motifs is 1. The summed E-state index contributed by atoms with van der Waals surface area (Å²) in [6.45, 7) is 0. The maximum Gasteiger partial charge on any atom is 0.0824 e. The van der Waals surface area contributed by atoms with Crippen LogP contribution in [0.5, 0.6) is 0 Å². The van der Waals surface area contributed by atoms with Crippen molar-refractivity contribution in [3.05, 3.63) is 18.6 Å². The van der Waals surface area contributed by atoms with Gasteiger partial charge in [0.2, 0.25) is 0 Å². The molecular formula is C5H5N3. The molecule has 3 heteroatoms. The van der Waals surface area contributed by atoms with Crippen molar-refractivity contribution in [3.8, 4) is 0 Å². The zero-order chi connectivity index (χ0) is 5.40. The SMILES string of the molecule is c1n[nH]c2c[nH]cc12. The number of rotatable bonds is 0. The first-order valence-electron chi connectivity index (χ1n) is 2.43. The molecule has 0 amide bonds. The molecule has 2 aromatic rings. The van der Waals surface area contributed by atoms with E-state index in [1.807, 2.05) is 12.4 Å². The quantitative estimate of drug-likeness (QED) is 0.516. The van der Waals surface area contributed by atoms with Gasteiger partial charge in [0.1, 0.15) is 0 Å². The van der Waals surface area contributed by atoms with Gasteiger partial charge in [0.15, 0.2) is 0 Å². The van der Waals surface area contributed by atoms with E-state index in [0.29, 0.717) is 0 Å². The number of hydrogen-bond acceptors (Lipinski definition) is 1. The van der Waals surface area contributed by atoms with Gasteiger partial charge < -0.3 is 4.98 Å². The van der Waals surface area contributed by atoms with Crippen molar-refractivity contribution in [2.45, 2.75) is 0 Å². The first-order valence-corrected chi connectivity index (χ1v) is 2.43. The maximum atomic E-state index is 3.82. The largest absolute Gasteiger partial charge is 0.365 e. The molecule has 0 aromatic carbocycles. The van der Waals surface area contributed by atoms with Crippen LogP contribution >= 0.6 is 0 Å². The molecule has 0 bridgehead atoms. The molecule has 2 rings (SSSR count). The molecule has 0 spiro atoms. The van der Waals surface area contributed by atoms with Gasteiger partial charge in [0, 0.05) is 17.8 Å². The van der Waals surface area contributed by atoms with E-state index in [1.54, 1.807) is 6.20 Å². The molecule has 0 atom stereocenters. The van der Waals surface area contributed by atoms with Crippen LogP contribution in [0.1, 0.15) is 0 Å². The number of aromatic amines is 2. The Balaban J connectivity index is 3.06. The Kier molecular flexibility index (Phi) is 0.521. The predicted molar refractivity (Wildman–Crippen MR) is 30.4 cm³/mol. The van der Waals surface area contributed by atoms with Crippen molar-refractivity contribution in [3.63, 3.8) is 0 Å². The van der Waals surface area contributed by atoms with Crippen LogP contribution in [0.15, 0.2) is 18.6 Å². The third kappa shape index (κ3) is 0.307. The molecule has 0 saturated carbocycles. The van der Waals surface area contributed by atoms with Crippen molar-refractivity contribution >= 4 is 10.9 Å².